The molecule has 0 saturated carbocycles. The molecule has 1 aromatic carbocycles. The Labute approximate surface area is 110 Å². The third-order valence-electron chi connectivity index (χ3n) is 2.52. The SMILES string of the molecule is CCOC(=O)/C(C#N)=C1/NS(=O)(=O)c2ccccc21. The molecule has 1 aliphatic rings. The Morgan fingerprint density at radius 1 is 1.42 bits per heavy atom. The van der Waals surface area contributed by atoms with E-state index in [1.165, 1.54) is 12.1 Å². The lowest BCUT2D eigenvalue weighted by Gasteiger charge is -2.04. The van der Waals surface area contributed by atoms with Crippen LogP contribution in [0, 0.1) is 11.3 Å². The van der Waals surface area contributed by atoms with E-state index in [0.717, 1.165) is 0 Å². The van der Waals surface area contributed by atoms with E-state index in [-0.39, 0.29) is 22.8 Å². The van der Waals surface area contributed by atoms with Crippen LogP contribution >= 0.6 is 0 Å². The minimum absolute atomic E-state index is 0.0310. The van der Waals surface area contributed by atoms with Crippen LogP contribution in [0.2, 0.25) is 0 Å². The third-order valence-corrected chi connectivity index (χ3v) is 3.93. The van der Waals surface area contributed by atoms with Gasteiger partial charge in [0.25, 0.3) is 10.0 Å². The number of fused-ring (bicyclic) bond motifs is 1. The van der Waals surface area contributed by atoms with Crippen LogP contribution in [0.25, 0.3) is 5.70 Å². The van der Waals surface area contributed by atoms with Gasteiger partial charge in [-0.15, -0.1) is 0 Å². The van der Waals surface area contributed by atoms with Gasteiger partial charge in [0, 0.05) is 5.56 Å². The second-order valence-corrected chi connectivity index (χ2v) is 5.33. The van der Waals surface area contributed by atoms with Crippen molar-refractivity contribution in [3.05, 3.63) is 35.4 Å². The predicted molar refractivity (Wildman–Crippen MR) is 65.9 cm³/mol. The minimum atomic E-state index is -3.73. The lowest BCUT2D eigenvalue weighted by atomic mass is 10.1. The van der Waals surface area contributed by atoms with Crippen LogP contribution in [0.1, 0.15) is 12.5 Å². The Balaban J connectivity index is 2.66. The first-order chi connectivity index (χ1) is 9.01. The molecule has 0 aliphatic carbocycles. The molecule has 0 bridgehead atoms. The molecule has 0 spiro atoms. The van der Waals surface area contributed by atoms with Crippen molar-refractivity contribution in [2.75, 3.05) is 6.61 Å². The summed E-state index contributed by atoms with van der Waals surface area (Å²) in [6, 6.07) is 7.81. The van der Waals surface area contributed by atoms with Gasteiger partial charge in [-0.25, -0.2) is 13.2 Å². The van der Waals surface area contributed by atoms with Crippen molar-refractivity contribution in [2.24, 2.45) is 0 Å². The number of carbonyl (C=O) groups excluding carboxylic acids is 1. The van der Waals surface area contributed by atoms with E-state index in [0.29, 0.717) is 5.56 Å². The molecule has 98 valence electrons. The molecule has 0 aromatic heterocycles. The topological polar surface area (TPSA) is 96.3 Å². The number of sulfonamides is 1. The van der Waals surface area contributed by atoms with Crippen molar-refractivity contribution in [1.29, 1.82) is 5.26 Å². The summed E-state index contributed by atoms with van der Waals surface area (Å²) >= 11 is 0. The molecule has 0 radical (unpaired) electrons. The summed E-state index contributed by atoms with van der Waals surface area (Å²) in [4.78, 5) is 11.7. The number of hydrogen-bond donors (Lipinski definition) is 1. The van der Waals surface area contributed by atoms with Gasteiger partial charge in [-0.2, -0.15) is 5.26 Å². The quantitative estimate of drug-likeness (QED) is 0.490. The second-order valence-electron chi connectivity index (χ2n) is 3.68. The van der Waals surface area contributed by atoms with Gasteiger partial charge in [0.15, 0.2) is 5.57 Å². The maximum atomic E-state index is 11.9. The highest BCUT2D eigenvalue weighted by atomic mass is 32.2. The first-order valence-corrected chi connectivity index (χ1v) is 6.93. The molecule has 0 atom stereocenters. The fraction of sp³-hybridized carbons (Fsp3) is 0.167. The molecule has 0 amide bonds. The molecule has 0 fully saturated rings. The maximum Gasteiger partial charge on any atom is 0.351 e. The molecule has 1 aliphatic heterocycles. The third kappa shape index (κ3) is 2.18. The molecular weight excluding hydrogens is 268 g/mol. The number of rotatable bonds is 2. The second kappa shape index (κ2) is 4.74. The van der Waals surface area contributed by atoms with E-state index in [4.69, 9.17) is 10.00 Å². The highest BCUT2D eigenvalue weighted by molar-refractivity contribution is 7.90. The van der Waals surface area contributed by atoms with Crippen LogP contribution < -0.4 is 4.72 Å². The fourth-order valence-corrected chi connectivity index (χ4v) is 3.05. The highest BCUT2D eigenvalue weighted by Gasteiger charge is 2.33. The van der Waals surface area contributed by atoms with Gasteiger partial charge in [0.05, 0.1) is 17.2 Å². The summed E-state index contributed by atoms with van der Waals surface area (Å²) in [6.07, 6.45) is 0. The Morgan fingerprint density at radius 2 is 2.11 bits per heavy atom. The fourth-order valence-electron chi connectivity index (χ4n) is 1.74. The zero-order valence-electron chi connectivity index (χ0n) is 10.0. The molecule has 0 saturated heterocycles. The van der Waals surface area contributed by atoms with Gasteiger partial charge in [0.2, 0.25) is 0 Å². The Morgan fingerprint density at radius 3 is 2.74 bits per heavy atom. The Hall–Kier alpha value is -2.33. The van der Waals surface area contributed by atoms with Crippen LogP contribution in [0.4, 0.5) is 0 Å². The smallest absolute Gasteiger partial charge is 0.351 e. The Kier molecular flexibility index (Phi) is 3.27. The molecular formula is C12H10N2O4S. The van der Waals surface area contributed by atoms with E-state index in [2.05, 4.69) is 4.72 Å². The molecule has 7 heteroatoms. The van der Waals surface area contributed by atoms with Crippen LogP contribution in [-0.4, -0.2) is 21.0 Å². The monoisotopic (exact) mass is 278 g/mol. The summed E-state index contributed by atoms with van der Waals surface area (Å²) < 4.78 is 30.7. The molecule has 1 heterocycles. The number of nitrogens with zero attached hydrogens (tertiary/aromatic N) is 1. The predicted octanol–water partition coefficient (Wildman–Crippen LogP) is 0.776. The lowest BCUT2D eigenvalue weighted by molar-refractivity contribution is -0.137. The average molecular weight is 278 g/mol. The van der Waals surface area contributed by atoms with Gasteiger partial charge < -0.3 is 4.74 Å². The van der Waals surface area contributed by atoms with Crippen LogP contribution in [-0.2, 0) is 19.6 Å². The molecule has 1 aromatic rings. The maximum absolute atomic E-state index is 11.9. The van der Waals surface area contributed by atoms with Gasteiger partial charge in [-0.05, 0) is 13.0 Å². The van der Waals surface area contributed by atoms with E-state index in [1.807, 2.05) is 0 Å². The molecule has 6 nitrogen and oxygen atoms in total. The average Bonchev–Trinajstić information content (AvgIpc) is 2.64. The van der Waals surface area contributed by atoms with Crippen molar-refractivity contribution in [2.45, 2.75) is 11.8 Å². The standard InChI is InChI=1S/C12H10N2O4S/c1-2-18-12(15)9(7-13)11-8-5-3-4-6-10(8)19(16,17)14-11/h3-6,14H,2H2,1H3/b11-9+. The summed E-state index contributed by atoms with van der Waals surface area (Å²) in [5, 5.41) is 9.04. The van der Waals surface area contributed by atoms with E-state index in [1.54, 1.807) is 25.1 Å². The first-order valence-electron chi connectivity index (χ1n) is 5.45. The molecule has 2 rings (SSSR count). The first kappa shape index (κ1) is 13.1. The molecule has 0 unspecified atom stereocenters. The van der Waals surface area contributed by atoms with Gasteiger partial charge >= 0.3 is 5.97 Å². The van der Waals surface area contributed by atoms with Crippen molar-refractivity contribution in [3.63, 3.8) is 0 Å². The van der Waals surface area contributed by atoms with Crippen LogP contribution in [0.15, 0.2) is 34.7 Å². The highest BCUT2D eigenvalue weighted by Crippen LogP contribution is 2.31. The van der Waals surface area contributed by atoms with Crippen molar-refractivity contribution >= 4 is 21.7 Å². The van der Waals surface area contributed by atoms with Crippen molar-refractivity contribution in [3.8, 4) is 6.07 Å². The summed E-state index contributed by atoms with van der Waals surface area (Å²) in [5.41, 5.74) is -0.0842. The van der Waals surface area contributed by atoms with E-state index < -0.39 is 16.0 Å². The zero-order valence-corrected chi connectivity index (χ0v) is 10.8. The van der Waals surface area contributed by atoms with Crippen LogP contribution in [0.5, 0.6) is 0 Å². The number of hydrogen-bond acceptors (Lipinski definition) is 5. The number of nitriles is 1. The Bertz CT molecular complexity index is 713. The van der Waals surface area contributed by atoms with Crippen LogP contribution in [0.3, 0.4) is 0 Å². The van der Waals surface area contributed by atoms with E-state index in [9.17, 15) is 13.2 Å². The lowest BCUT2D eigenvalue weighted by Crippen LogP contribution is -2.17. The van der Waals surface area contributed by atoms with Gasteiger partial charge in [-0.1, -0.05) is 18.2 Å². The number of esters is 1. The van der Waals surface area contributed by atoms with Gasteiger partial charge in [-0.3, -0.25) is 4.72 Å². The number of carbonyl (C=O) groups is 1. The molecule has 1 N–H and O–H groups in total. The number of benzene rings is 1. The normalized spacial score (nSPS) is 17.9. The zero-order chi connectivity index (χ0) is 14.0. The number of nitrogens with one attached hydrogen (secondary N) is 1. The summed E-state index contributed by atoms with van der Waals surface area (Å²) in [5.74, 6) is -0.848. The largest absolute Gasteiger partial charge is 0.462 e. The minimum Gasteiger partial charge on any atom is -0.462 e. The summed E-state index contributed by atoms with van der Waals surface area (Å²) in [7, 11) is -3.73. The van der Waals surface area contributed by atoms with Crippen molar-refractivity contribution in [1.82, 2.24) is 4.72 Å². The van der Waals surface area contributed by atoms with E-state index >= 15 is 0 Å². The molecule has 19 heavy (non-hydrogen) atoms. The van der Waals surface area contributed by atoms with Gasteiger partial charge in [0.1, 0.15) is 6.07 Å². The van der Waals surface area contributed by atoms with Crippen molar-refractivity contribution < 1.29 is 17.9 Å². The summed E-state index contributed by atoms with van der Waals surface area (Å²) in [6.45, 7) is 1.70. The number of ether oxygens (including phenoxy) is 1.